The lowest BCUT2D eigenvalue weighted by atomic mass is 10.1. The summed E-state index contributed by atoms with van der Waals surface area (Å²) in [6.07, 6.45) is 0.672. The molecule has 0 radical (unpaired) electrons. The van der Waals surface area contributed by atoms with E-state index in [-0.39, 0.29) is 24.0 Å². The number of rotatable bonds is 8. The normalized spacial score (nSPS) is 10.4. The molecule has 3 aromatic rings. The van der Waals surface area contributed by atoms with Crippen LogP contribution < -0.4 is 15.4 Å². The van der Waals surface area contributed by atoms with Crippen molar-refractivity contribution in [2.45, 2.75) is 19.9 Å². The van der Waals surface area contributed by atoms with Gasteiger partial charge in [-0.1, -0.05) is 30.3 Å². The van der Waals surface area contributed by atoms with Gasteiger partial charge < -0.3 is 15.4 Å². The summed E-state index contributed by atoms with van der Waals surface area (Å²) in [4.78, 5) is 20.9. The molecule has 0 bridgehead atoms. The molecule has 0 aliphatic carbocycles. The van der Waals surface area contributed by atoms with Crippen LogP contribution in [0.5, 0.6) is 5.75 Å². The molecule has 1 aromatic heterocycles. The first kappa shape index (κ1) is 20.3. The quantitative estimate of drug-likeness (QED) is 0.611. The van der Waals surface area contributed by atoms with Crippen LogP contribution in [-0.2, 0) is 13.0 Å². The van der Waals surface area contributed by atoms with Gasteiger partial charge in [-0.3, -0.25) is 4.79 Å². The number of aryl methyl sites for hydroxylation is 1. The topological polar surface area (TPSA) is 76.1 Å². The number of amides is 1. The predicted octanol–water partition coefficient (Wildman–Crippen LogP) is 3.52. The Labute approximate surface area is 169 Å². The van der Waals surface area contributed by atoms with Crippen molar-refractivity contribution >= 4 is 11.7 Å². The number of nitrogens with one attached hydrogen (secondary N) is 2. The maximum atomic E-state index is 13.8. The van der Waals surface area contributed by atoms with E-state index in [1.807, 2.05) is 24.3 Å². The summed E-state index contributed by atoms with van der Waals surface area (Å²) in [5.74, 6) is 1.14. The minimum Gasteiger partial charge on any atom is -0.497 e. The molecule has 3 rings (SSSR count). The van der Waals surface area contributed by atoms with Crippen LogP contribution in [0.15, 0.2) is 54.6 Å². The third-order valence-corrected chi connectivity index (χ3v) is 4.32. The number of carbonyl (C=O) groups is 1. The molecule has 0 spiro atoms. The fourth-order valence-corrected chi connectivity index (χ4v) is 2.84. The summed E-state index contributed by atoms with van der Waals surface area (Å²) in [5, 5.41) is 5.91. The van der Waals surface area contributed by atoms with E-state index in [2.05, 4.69) is 20.6 Å². The lowest BCUT2D eigenvalue weighted by Crippen LogP contribution is -2.27. The fourth-order valence-electron chi connectivity index (χ4n) is 2.84. The maximum Gasteiger partial charge on any atom is 0.270 e. The van der Waals surface area contributed by atoms with Crippen LogP contribution in [0.1, 0.15) is 27.4 Å². The van der Waals surface area contributed by atoms with Crippen molar-refractivity contribution in [3.63, 3.8) is 0 Å². The van der Waals surface area contributed by atoms with E-state index in [9.17, 15) is 9.18 Å². The lowest BCUT2D eigenvalue weighted by molar-refractivity contribution is 0.0949. The maximum absolute atomic E-state index is 13.8. The molecule has 1 amide bonds. The molecule has 0 saturated carbocycles. The van der Waals surface area contributed by atoms with E-state index in [4.69, 9.17) is 4.74 Å². The first-order valence-electron chi connectivity index (χ1n) is 9.29. The second kappa shape index (κ2) is 9.64. The van der Waals surface area contributed by atoms with Crippen LogP contribution in [0.2, 0.25) is 0 Å². The third-order valence-electron chi connectivity index (χ3n) is 4.32. The summed E-state index contributed by atoms with van der Waals surface area (Å²) >= 11 is 0. The summed E-state index contributed by atoms with van der Waals surface area (Å²) < 4.78 is 19.0. The van der Waals surface area contributed by atoms with Crippen molar-refractivity contribution in [2.24, 2.45) is 0 Å². The van der Waals surface area contributed by atoms with Crippen LogP contribution in [0.25, 0.3) is 0 Å². The predicted molar refractivity (Wildman–Crippen MR) is 110 cm³/mol. The first-order valence-corrected chi connectivity index (χ1v) is 9.29. The number of halogens is 1. The minimum absolute atomic E-state index is 0.263. The van der Waals surface area contributed by atoms with Gasteiger partial charge in [-0.05, 0) is 37.1 Å². The Morgan fingerprint density at radius 2 is 1.93 bits per heavy atom. The standard InChI is InChI=1S/C22H23FN4O2/c1-15-26-20(13-21(27-15)25-14-17-7-3-4-9-19(17)23)22(28)24-11-10-16-6-5-8-18(12-16)29-2/h3-9,12-13H,10-11,14H2,1-2H3,(H,24,28)(H,25,26,27). The zero-order valence-corrected chi connectivity index (χ0v) is 16.4. The van der Waals surface area contributed by atoms with Gasteiger partial charge in [0, 0.05) is 24.7 Å². The molecule has 0 saturated heterocycles. The molecule has 29 heavy (non-hydrogen) atoms. The highest BCUT2D eigenvalue weighted by molar-refractivity contribution is 5.92. The van der Waals surface area contributed by atoms with E-state index < -0.39 is 0 Å². The molecule has 0 atom stereocenters. The lowest BCUT2D eigenvalue weighted by Gasteiger charge is -2.10. The minimum atomic E-state index is -0.290. The molecular formula is C22H23FN4O2. The number of aromatic nitrogens is 2. The Hall–Kier alpha value is -3.48. The van der Waals surface area contributed by atoms with E-state index >= 15 is 0 Å². The smallest absolute Gasteiger partial charge is 0.270 e. The number of ether oxygens (including phenoxy) is 1. The molecule has 7 heteroatoms. The SMILES string of the molecule is COc1cccc(CCNC(=O)c2cc(NCc3ccccc3F)nc(C)n2)c1. The average molecular weight is 394 g/mol. The van der Waals surface area contributed by atoms with Gasteiger partial charge in [0.2, 0.25) is 0 Å². The van der Waals surface area contributed by atoms with Crippen LogP contribution in [0, 0.1) is 12.7 Å². The highest BCUT2D eigenvalue weighted by Crippen LogP contribution is 2.13. The number of nitrogens with zero attached hydrogens (tertiary/aromatic N) is 2. The molecule has 6 nitrogen and oxygen atoms in total. The van der Waals surface area contributed by atoms with Gasteiger partial charge in [-0.2, -0.15) is 0 Å². The molecule has 150 valence electrons. The number of anilines is 1. The van der Waals surface area contributed by atoms with Crippen molar-refractivity contribution in [2.75, 3.05) is 19.0 Å². The van der Waals surface area contributed by atoms with E-state index in [1.54, 1.807) is 38.3 Å². The molecule has 0 unspecified atom stereocenters. The molecule has 0 aliphatic rings. The monoisotopic (exact) mass is 394 g/mol. The molecule has 2 N–H and O–H groups in total. The van der Waals surface area contributed by atoms with Gasteiger partial charge >= 0.3 is 0 Å². The van der Waals surface area contributed by atoms with E-state index in [0.717, 1.165) is 11.3 Å². The number of benzene rings is 2. The van der Waals surface area contributed by atoms with Crippen LogP contribution >= 0.6 is 0 Å². The number of methoxy groups -OCH3 is 1. The Kier molecular flexibility index (Phi) is 6.73. The van der Waals surface area contributed by atoms with Gasteiger partial charge in [0.25, 0.3) is 5.91 Å². The van der Waals surface area contributed by atoms with E-state index in [0.29, 0.717) is 30.2 Å². The molecule has 0 fully saturated rings. The van der Waals surface area contributed by atoms with Gasteiger partial charge in [-0.25, -0.2) is 14.4 Å². The molecule has 2 aromatic carbocycles. The Morgan fingerprint density at radius 3 is 2.72 bits per heavy atom. The Balaban J connectivity index is 1.59. The fraction of sp³-hybridized carbons (Fsp3) is 0.227. The highest BCUT2D eigenvalue weighted by atomic mass is 19.1. The van der Waals surface area contributed by atoms with Gasteiger partial charge in [0.05, 0.1) is 7.11 Å². The highest BCUT2D eigenvalue weighted by Gasteiger charge is 2.11. The van der Waals surface area contributed by atoms with Crippen LogP contribution in [0.3, 0.4) is 0 Å². The van der Waals surface area contributed by atoms with Crippen molar-refractivity contribution in [3.05, 3.63) is 83.1 Å². The molecule has 1 heterocycles. The molecular weight excluding hydrogens is 371 g/mol. The van der Waals surface area contributed by atoms with Gasteiger partial charge in [0.1, 0.15) is 28.9 Å². The van der Waals surface area contributed by atoms with Crippen molar-refractivity contribution in [1.82, 2.24) is 15.3 Å². The summed E-state index contributed by atoms with van der Waals surface area (Å²) in [6.45, 7) is 2.44. The number of hydrogen-bond donors (Lipinski definition) is 2. The third kappa shape index (κ3) is 5.75. The van der Waals surface area contributed by atoms with Crippen LogP contribution in [0.4, 0.5) is 10.2 Å². The average Bonchev–Trinajstić information content (AvgIpc) is 2.73. The number of carbonyl (C=O) groups excluding carboxylic acids is 1. The van der Waals surface area contributed by atoms with Crippen molar-refractivity contribution < 1.29 is 13.9 Å². The van der Waals surface area contributed by atoms with Crippen molar-refractivity contribution in [1.29, 1.82) is 0 Å². The van der Waals surface area contributed by atoms with Gasteiger partial charge in [0.15, 0.2) is 0 Å². The second-order valence-corrected chi connectivity index (χ2v) is 6.49. The van der Waals surface area contributed by atoms with Crippen LogP contribution in [-0.4, -0.2) is 29.5 Å². The molecule has 0 aliphatic heterocycles. The summed E-state index contributed by atoms with van der Waals surface area (Å²) in [5.41, 5.74) is 1.85. The summed E-state index contributed by atoms with van der Waals surface area (Å²) in [7, 11) is 1.62. The first-order chi connectivity index (χ1) is 14.0. The zero-order chi connectivity index (χ0) is 20.6. The second-order valence-electron chi connectivity index (χ2n) is 6.49. The van der Waals surface area contributed by atoms with Crippen molar-refractivity contribution in [3.8, 4) is 5.75 Å². The number of hydrogen-bond acceptors (Lipinski definition) is 5. The largest absolute Gasteiger partial charge is 0.497 e. The summed E-state index contributed by atoms with van der Waals surface area (Å²) in [6, 6.07) is 15.8. The van der Waals surface area contributed by atoms with E-state index in [1.165, 1.54) is 6.07 Å². The Morgan fingerprint density at radius 1 is 1.10 bits per heavy atom. The zero-order valence-electron chi connectivity index (χ0n) is 16.4. The Bertz CT molecular complexity index is 994. The van der Waals surface area contributed by atoms with Gasteiger partial charge in [-0.15, -0.1) is 0 Å².